The number of hydrogen-bond acceptors (Lipinski definition) is 7. The molecular weight excluding hydrogens is 412 g/mol. The van der Waals surface area contributed by atoms with Crippen LogP contribution in [0.15, 0.2) is 48.5 Å². The summed E-state index contributed by atoms with van der Waals surface area (Å²) in [4.78, 5) is 40.1. The van der Waals surface area contributed by atoms with Crippen molar-refractivity contribution in [1.82, 2.24) is 10.2 Å². The molecule has 0 unspecified atom stereocenters. The zero-order valence-corrected chi connectivity index (χ0v) is 18.3. The van der Waals surface area contributed by atoms with Crippen molar-refractivity contribution < 1.29 is 23.9 Å². The fourth-order valence-electron chi connectivity index (χ4n) is 3.43. The summed E-state index contributed by atoms with van der Waals surface area (Å²) in [5.74, 6) is -1.07. The second-order valence-electron chi connectivity index (χ2n) is 7.31. The van der Waals surface area contributed by atoms with Crippen molar-refractivity contribution >= 4 is 29.2 Å². The Hall–Kier alpha value is -3.59. The molecule has 32 heavy (non-hydrogen) atoms. The highest BCUT2D eigenvalue weighted by Crippen LogP contribution is 2.20. The third-order valence-electron chi connectivity index (χ3n) is 5.29. The lowest BCUT2D eigenvalue weighted by molar-refractivity contribution is -0.136. The minimum absolute atomic E-state index is 0.363. The van der Waals surface area contributed by atoms with Crippen LogP contribution >= 0.6 is 0 Å². The van der Waals surface area contributed by atoms with Gasteiger partial charge in [0.2, 0.25) is 0 Å². The summed E-state index contributed by atoms with van der Waals surface area (Å²) in [5, 5.41) is 5.16. The maximum Gasteiger partial charge on any atom is 0.337 e. The van der Waals surface area contributed by atoms with E-state index in [1.54, 1.807) is 19.2 Å². The molecule has 0 radical (unpaired) electrons. The van der Waals surface area contributed by atoms with Gasteiger partial charge in [0, 0.05) is 50.6 Å². The molecule has 1 aliphatic heterocycles. The number of nitrogens with zero attached hydrogens (tertiary/aromatic N) is 2. The Labute approximate surface area is 187 Å². The van der Waals surface area contributed by atoms with E-state index in [0.29, 0.717) is 24.3 Å². The Kier molecular flexibility index (Phi) is 8.04. The molecule has 1 aliphatic rings. The van der Waals surface area contributed by atoms with Gasteiger partial charge >= 0.3 is 17.8 Å². The minimum Gasteiger partial charge on any atom is -0.497 e. The predicted octanol–water partition coefficient (Wildman–Crippen LogP) is 1.36. The Morgan fingerprint density at radius 1 is 0.875 bits per heavy atom. The highest BCUT2D eigenvalue weighted by atomic mass is 16.5. The summed E-state index contributed by atoms with van der Waals surface area (Å²) in [6, 6.07) is 14.1. The number of anilines is 2. The van der Waals surface area contributed by atoms with Crippen LogP contribution in [0, 0.1) is 0 Å². The Balaban J connectivity index is 1.36. The summed E-state index contributed by atoms with van der Waals surface area (Å²) >= 11 is 0. The van der Waals surface area contributed by atoms with Crippen LogP contribution in [0.3, 0.4) is 0 Å². The summed E-state index contributed by atoms with van der Waals surface area (Å²) < 4.78 is 9.82. The molecule has 0 bridgehead atoms. The van der Waals surface area contributed by atoms with Gasteiger partial charge in [-0.1, -0.05) is 0 Å². The van der Waals surface area contributed by atoms with E-state index in [2.05, 4.69) is 37.3 Å². The van der Waals surface area contributed by atoms with Crippen LogP contribution in [-0.2, 0) is 14.3 Å². The average Bonchev–Trinajstić information content (AvgIpc) is 2.84. The number of carbonyl (C=O) groups is 3. The van der Waals surface area contributed by atoms with Crippen molar-refractivity contribution in [3.8, 4) is 5.75 Å². The fourth-order valence-corrected chi connectivity index (χ4v) is 3.43. The van der Waals surface area contributed by atoms with Crippen LogP contribution in [0.4, 0.5) is 11.4 Å². The van der Waals surface area contributed by atoms with Crippen molar-refractivity contribution in [3.05, 3.63) is 54.1 Å². The maximum absolute atomic E-state index is 12.1. The Morgan fingerprint density at radius 3 is 2.12 bits per heavy atom. The second kappa shape index (κ2) is 11.1. The van der Waals surface area contributed by atoms with Crippen molar-refractivity contribution in [2.75, 3.05) is 63.7 Å². The molecule has 1 saturated heterocycles. The monoisotopic (exact) mass is 440 g/mol. The molecule has 0 aromatic heterocycles. The van der Waals surface area contributed by atoms with Gasteiger partial charge in [-0.2, -0.15) is 0 Å². The molecule has 170 valence electrons. The lowest BCUT2D eigenvalue weighted by Crippen LogP contribution is -2.49. The van der Waals surface area contributed by atoms with Gasteiger partial charge in [0.1, 0.15) is 5.75 Å². The Bertz CT molecular complexity index is 922. The molecule has 0 spiro atoms. The molecule has 0 saturated carbocycles. The molecule has 9 heteroatoms. The number of rotatable bonds is 7. The number of esters is 1. The van der Waals surface area contributed by atoms with Crippen LogP contribution in [-0.4, -0.2) is 76.2 Å². The molecule has 0 aliphatic carbocycles. The van der Waals surface area contributed by atoms with Gasteiger partial charge in [-0.15, -0.1) is 0 Å². The van der Waals surface area contributed by atoms with Gasteiger partial charge in [0.25, 0.3) is 0 Å². The van der Waals surface area contributed by atoms with Crippen molar-refractivity contribution in [2.45, 2.75) is 0 Å². The lowest BCUT2D eigenvalue weighted by atomic mass is 10.2. The highest BCUT2D eigenvalue weighted by Gasteiger charge is 2.18. The van der Waals surface area contributed by atoms with Crippen LogP contribution in [0.1, 0.15) is 10.4 Å². The van der Waals surface area contributed by atoms with Crippen molar-refractivity contribution in [3.63, 3.8) is 0 Å². The van der Waals surface area contributed by atoms with Crippen molar-refractivity contribution in [2.24, 2.45) is 0 Å². The number of amides is 2. The number of benzene rings is 2. The molecule has 1 heterocycles. The third-order valence-corrected chi connectivity index (χ3v) is 5.29. The van der Waals surface area contributed by atoms with E-state index >= 15 is 0 Å². The van der Waals surface area contributed by atoms with Crippen molar-refractivity contribution in [1.29, 1.82) is 0 Å². The zero-order chi connectivity index (χ0) is 22.9. The summed E-state index contributed by atoms with van der Waals surface area (Å²) in [7, 11) is 2.95. The van der Waals surface area contributed by atoms with Gasteiger partial charge in [-0.05, 0) is 48.5 Å². The van der Waals surface area contributed by atoms with Gasteiger partial charge in [-0.25, -0.2) is 4.79 Å². The van der Waals surface area contributed by atoms with Crippen LogP contribution < -0.4 is 20.3 Å². The standard InChI is InChI=1S/C23H28N4O5/c1-31-20-9-7-19(8-10-20)27-15-13-26(14-16-27)12-11-24-21(28)22(29)25-18-5-3-17(4-6-18)23(30)32-2/h3-10H,11-16H2,1-2H3,(H,24,28)(H,25,29). The molecule has 3 rings (SSSR count). The molecule has 2 N–H and O–H groups in total. The zero-order valence-electron chi connectivity index (χ0n) is 18.3. The predicted molar refractivity (Wildman–Crippen MR) is 121 cm³/mol. The maximum atomic E-state index is 12.1. The molecule has 1 fully saturated rings. The Morgan fingerprint density at radius 2 is 1.53 bits per heavy atom. The lowest BCUT2D eigenvalue weighted by Gasteiger charge is -2.36. The first-order valence-electron chi connectivity index (χ1n) is 10.4. The van der Waals surface area contributed by atoms with E-state index in [1.165, 1.54) is 19.2 Å². The number of piperazine rings is 1. The summed E-state index contributed by atoms with van der Waals surface area (Å²) in [6.07, 6.45) is 0. The molecule has 2 aromatic rings. The topological polar surface area (TPSA) is 100 Å². The van der Waals surface area contributed by atoms with Gasteiger partial charge in [-0.3, -0.25) is 14.5 Å². The highest BCUT2D eigenvalue weighted by molar-refractivity contribution is 6.39. The molecule has 2 amide bonds. The van der Waals surface area contributed by atoms with Crippen LogP contribution in [0.5, 0.6) is 5.75 Å². The van der Waals surface area contributed by atoms with Gasteiger partial charge < -0.3 is 25.0 Å². The molecule has 2 aromatic carbocycles. The van der Waals surface area contributed by atoms with E-state index in [-0.39, 0.29) is 0 Å². The minimum atomic E-state index is -0.750. The van der Waals surface area contributed by atoms with E-state index < -0.39 is 17.8 Å². The van der Waals surface area contributed by atoms with E-state index in [1.807, 2.05) is 12.1 Å². The number of hydrogen-bond donors (Lipinski definition) is 2. The smallest absolute Gasteiger partial charge is 0.337 e. The normalized spacial score (nSPS) is 13.9. The quantitative estimate of drug-likeness (QED) is 0.495. The largest absolute Gasteiger partial charge is 0.497 e. The number of methoxy groups -OCH3 is 2. The third kappa shape index (κ3) is 6.21. The number of nitrogens with one attached hydrogen (secondary N) is 2. The summed E-state index contributed by atoms with van der Waals surface area (Å²) in [5.41, 5.74) is 1.95. The van der Waals surface area contributed by atoms with Gasteiger partial charge in [0.05, 0.1) is 19.8 Å². The molecule has 0 atom stereocenters. The van der Waals surface area contributed by atoms with Crippen LogP contribution in [0.2, 0.25) is 0 Å². The van der Waals surface area contributed by atoms with E-state index in [4.69, 9.17) is 4.74 Å². The molecule has 9 nitrogen and oxygen atoms in total. The van der Waals surface area contributed by atoms with Crippen LogP contribution in [0.25, 0.3) is 0 Å². The fraction of sp³-hybridized carbons (Fsp3) is 0.348. The van der Waals surface area contributed by atoms with E-state index in [0.717, 1.165) is 37.6 Å². The second-order valence-corrected chi connectivity index (χ2v) is 7.31. The first-order chi connectivity index (χ1) is 15.5. The summed E-state index contributed by atoms with van der Waals surface area (Å²) in [6.45, 7) is 4.59. The molecular formula is C23H28N4O5. The first-order valence-corrected chi connectivity index (χ1v) is 10.4. The van der Waals surface area contributed by atoms with Gasteiger partial charge in [0.15, 0.2) is 0 Å². The number of ether oxygens (including phenoxy) is 2. The SMILES string of the molecule is COC(=O)c1ccc(NC(=O)C(=O)NCCN2CCN(c3ccc(OC)cc3)CC2)cc1. The first kappa shape index (κ1) is 23.1. The average molecular weight is 441 g/mol. The number of carbonyl (C=O) groups excluding carboxylic acids is 3. The van der Waals surface area contributed by atoms with E-state index in [9.17, 15) is 14.4 Å².